The molecule has 0 aromatic heterocycles. The van der Waals surface area contributed by atoms with Crippen molar-refractivity contribution >= 4 is 11.6 Å². The molecule has 2 rings (SSSR count). The van der Waals surface area contributed by atoms with E-state index in [0.29, 0.717) is 16.5 Å². The summed E-state index contributed by atoms with van der Waals surface area (Å²) in [6.07, 6.45) is 0. The van der Waals surface area contributed by atoms with Crippen molar-refractivity contribution in [1.82, 2.24) is 0 Å². The SMILES string of the molecule is CC1(C)Oc2cc(C(N)CO)cc(Cl)c2O1. The second-order valence-electron chi connectivity index (χ2n) is 4.22. The van der Waals surface area contributed by atoms with E-state index >= 15 is 0 Å². The first-order valence-corrected chi connectivity index (χ1v) is 5.38. The van der Waals surface area contributed by atoms with Crippen molar-refractivity contribution in [2.75, 3.05) is 6.61 Å². The first kappa shape index (κ1) is 11.5. The maximum absolute atomic E-state index is 8.99. The van der Waals surface area contributed by atoms with Gasteiger partial charge in [0.15, 0.2) is 11.5 Å². The van der Waals surface area contributed by atoms with Crippen LogP contribution in [0.25, 0.3) is 0 Å². The Hall–Kier alpha value is -0.970. The first-order valence-electron chi connectivity index (χ1n) is 5.01. The van der Waals surface area contributed by atoms with Crippen LogP contribution in [0, 0.1) is 0 Å². The average Bonchev–Trinajstić information content (AvgIpc) is 2.52. The second kappa shape index (κ2) is 3.80. The van der Waals surface area contributed by atoms with Crippen LogP contribution in [0.5, 0.6) is 11.5 Å². The highest BCUT2D eigenvalue weighted by atomic mass is 35.5. The van der Waals surface area contributed by atoms with Gasteiger partial charge in [-0.3, -0.25) is 0 Å². The Balaban J connectivity index is 2.42. The van der Waals surface area contributed by atoms with Crippen molar-refractivity contribution in [3.05, 3.63) is 22.7 Å². The van der Waals surface area contributed by atoms with Gasteiger partial charge in [0, 0.05) is 13.8 Å². The van der Waals surface area contributed by atoms with E-state index in [-0.39, 0.29) is 6.61 Å². The number of nitrogens with two attached hydrogens (primary N) is 1. The van der Waals surface area contributed by atoms with E-state index in [9.17, 15) is 0 Å². The monoisotopic (exact) mass is 243 g/mol. The number of aliphatic hydroxyl groups is 1. The molecule has 0 aliphatic carbocycles. The van der Waals surface area contributed by atoms with Gasteiger partial charge < -0.3 is 20.3 Å². The number of rotatable bonds is 2. The highest BCUT2D eigenvalue weighted by Gasteiger charge is 2.34. The van der Waals surface area contributed by atoms with Crippen molar-refractivity contribution in [3.8, 4) is 11.5 Å². The zero-order valence-electron chi connectivity index (χ0n) is 9.16. The van der Waals surface area contributed by atoms with Crippen LogP contribution in [0.4, 0.5) is 0 Å². The second-order valence-corrected chi connectivity index (χ2v) is 4.63. The summed E-state index contributed by atoms with van der Waals surface area (Å²) >= 11 is 6.06. The minimum absolute atomic E-state index is 0.140. The molecule has 1 atom stereocenters. The molecule has 0 fully saturated rings. The highest BCUT2D eigenvalue weighted by Crippen LogP contribution is 2.45. The van der Waals surface area contributed by atoms with E-state index in [0.717, 1.165) is 5.56 Å². The minimum Gasteiger partial charge on any atom is -0.449 e. The summed E-state index contributed by atoms with van der Waals surface area (Å²) in [6.45, 7) is 3.46. The van der Waals surface area contributed by atoms with Gasteiger partial charge in [0.2, 0.25) is 5.79 Å². The molecule has 4 nitrogen and oxygen atoms in total. The number of hydrogen-bond acceptors (Lipinski definition) is 4. The van der Waals surface area contributed by atoms with Gasteiger partial charge in [-0.15, -0.1) is 0 Å². The summed E-state index contributed by atoms with van der Waals surface area (Å²) in [4.78, 5) is 0. The standard InChI is InChI=1S/C11H14ClNO3/c1-11(2)15-9-4-6(8(13)5-14)3-7(12)10(9)16-11/h3-4,8,14H,5,13H2,1-2H3. The van der Waals surface area contributed by atoms with Gasteiger partial charge in [-0.1, -0.05) is 11.6 Å². The molecule has 0 bridgehead atoms. The van der Waals surface area contributed by atoms with Crippen molar-refractivity contribution in [3.63, 3.8) is 0 Å². The average molecular weight is 244 g/mol. The molecule has 0 radical (unpaired) electrons. The summed E-state index contributed by atoms with van der Waals surface area (Å²) in [5.74, 6) is 0.380. The Morgan fingerprint density at radius 1 is 1.44 bits per heavy atom. The molecular formula is C11H14ClNO3. The topological polar surface area (TPSA) is 64.7 Å². The number of ether oxygens (including phenoxy) is 2. The molecule has 1 heterocycles. The maximum atomic E-state index is 8.99. The fraction of sp³-hybridized carbons (Fsp3) is 0.455. The van der Waals surface area contributed by atoms with E-state index in [2.05, 4.69) is 0 Å². The summed E-state index contributed by atoms with van der Waals surface area (Å²) in [7, 11) is 0. The lowest BCUT2D eigenvalue weighted by Crippen LogP contribution is -2.29. The molecule has 3 N–H and O–H groups in total. The smallest absolute Gasteiger partial charge is 0.246 e. The number of hydrogen-bond donors (Lipinski definition) is 2. The van der Waals surface area contributed by atoms with Crippen LogP contribution in [0.3, 0.4) is 0 Å². The van der Waals surface area contributed by atoms with E-state index in [4.69, 9.17) is 31.9 Å². The van der Waals surface area contributed by atoms with Crippen LogP contribution in [-0.4, -0.2) is 17.5 Å². The Morgan fingerprint density at radius 2 is 2.12 bits per heavy atom. The number of benzene rings is 1. The van der Waals surface area contributed by atoms with Crippen molar-refractivity contribution in [2.24, 2.45) is 5.73 Å². The van der Waals surface area contributed by atoms with Crippen LogP contribution in [0.15, 0.2) is 12.1 Å². The van der Waals surface area contributed by atoms with Gasteiger partial charge in [-0.25, -0.2) is 0 Å². The Labute approximate surface area is 98.9 Å². The molecule has 1 aromatic carbocycles. The van der Waals surface area contributed by atoms with Crippen LogP contribution >= 0.6 is 11.6 Å². The van der Waals surface area contributed by atoms with Crippen LogP contribution < -0.4 is 15.2 Å². The lowest BCUT2D eigenvalue weighted by atomic mass is 10.1. The molecule has 1 aromatic rings. The Bertz CT molecular complexity index is 420. The molecule has 88 valence electrons. The largest absolute Gasteiger partial charge is 0.449 e. The summed E-state index contributed by atoms with van der Waals surface area (Å²) in [5, 5.41) is 9.44. The highest BCUT2D eigenvalue weighted by molar-refractivity contribution is 6.32. The van der Waals surface area contributed by atoms with E-state index in [1.807, 2.05) is 0 Å². The molecule has 0 amide bonds. The van der Waals surface area contributed by atoms with Gasteiger partial charge in [0.25, 0.3) is 0 Å². The molecule has 16 heavy (non-hydrogen) atoms. The summed E-state index contributed by atoms with van der Waals surface area (Å²) in [6, 6.07) is 2.97. The maximum Gasteiger partial charge on any atom is 0.246 e. The van der Waals surface area contributed by atoms with Crippen LogP contribution in [-0.2, 0) is 0 Å². The molecule has 0 saturated carbocycles. The number of halogens is 1. The van der Waals surface area contributed by atoms with Crippen molar-refractivity contribution in [2.45, 2.75) is 25.7 Å². The van der Waals surface area contributed by atoms with Gasteiger partial charge in [0.1, 0.15) is 0 Å². The summed E-state index contributed by atoms with van der Waals surface area (Å²) in [5.41, 5.74) is 6.45. The van der Waals surface area contributed by atoms with Crippen molar-refractivity contribution < 1.29 is 14.6 Å². The summed E-state index contributed by atoms with van der Waals surface area (Å²) < 4.78 is 11.1. The number of fused-ring (bicyclic) bond motifs is 1. The predicted molar refractivity (Wildman–Crippen MR) is 60.8 cm³/mol. The van der Waals surface area contributed by atoms with Gasteiger partial charge in [0.05, 0.1) is 17.7 Å². The lowest BCUT2D eigenvalue weighted by molar-refractivity contribution is -0.0431. The Kier molecular flexibility index (Phi) is 2.74. The lowest BCUT2D eigenvalue weighted by Gasteiger charge is -2.16. The first-order chi connectivity index (χ1) is 7.43. The van der Waals surface area contributed by atoms with Gasteiger partial charge in [-0.2, -0.15) is 0 Å². The molecule has 1 aliphatic heterocycles. The normalized spacial score (nSPS) is 18.6. The third kappa shape index (κ3) is 1.96. The molecule has 5 heteroatoms. The van der Waals surface area contributed by atoms with Crippen LogP contribution in [0.1, 0.15) is 25.5 Å². The van der Waals surface area contributed by atoms with Crippen molar-refractivity contribution in [1.29, 1.82) is 0 Å². The third-order valence-electron chi connectivity index (χ3n) is 2.36. The third-order valence-corrected chi connectivity index (χ3v) is 2.64. The molecule has 0 spiro atoms. The molecular weight excluding hydrogens is 230 g/mol. The minimum atomic E-state index is -0.714. The van der Waals surface area contributed by atoms with Gasteiger partial charge in [-0.05, 0) is 17.7 Å². The number of aliphatic hydroxyl groups excluding tert-OH is 1. The fourth-order valence-electron chi connectivity index (χ4n) is 1.61. The zero-order chi connectivity index (χ0) is 11.9. The molecule has 1 unspecified atom stereocenters. The van der Waals surface area contributed by atoms with Gasteiger partial charge >= 0.3 is 0 Å². The van der Waals surface area contributed by atoms with E-state index in [1.54, 1.807) is 26.0 Å². The quantitative estimate of drug-likeness (QED) is 0.832. The van der Waals surface area contributed by atoms with E-state index in [1.165, 1.54) is 0 Å². The fourth-order valence-corrected chi connectivity index (χ4v) is 1.87. The van der Waals surface area contributed by atoms with Crippen LogP contribution in [0.2, 0.25) is 5.02 Å². The zero-order valence-corrected chi connectivity index (χ0v) is 9.91. The Morgan fingerprint density at radius 3 is 2.75 bits per heavy atom. The molecule has 0 saturated heterocycles. The van der Waals surface area contributed by atoms with E-state index < -0.39 is 11.8 Å². The molecule has 1 aliphatic rings. The predicted octanol–water partition coefficient (Wildman–Crippen LogP) is 1.84.